The van der Waals surface area contributed by atoms with E-state index in [-0.39, 0.29) is 56.8 Å². The van der Waals surface area contributed by atoms with Crippen LogP contribution in [0.3, 0.4) is 0 Å². The van der Waals surface area contributed by atoms with Gasteiger partial charge in [0.25, 0.3) is 0 Å². The summed E-state index contributed by atoms with van der Waals surface area (Å²) in [6, 6.07) is 25.5. The van der Waals surface area contributed by atoms with Gasteiger partial charge >= 0.3 is 6.01 Å². The first kappa shape index (κ1) is 50.9. The summed E-state index contributed by atoms with van der Waals surface area (Å²) in [4.78, 5) is 84.9. The Bertz CT molecular complexity index is 2520. The van der Waals surface area contributed by atoms with Gasteiger partial charge in [0.1, 0.15) is 23.6 Å². The number of nitrogens with zero attached hydrogens (tertiary/aromatic N) is 5. The number of methoxy groups -OCH3 is 2. The predicted octanol–water partition coefficient (Wildman–Crippen LogP) is 6.79. The van der Waals surface area contributed by atoms with Crippen molar-refractivity contribution in [2.45, 2.75) is 70.2 Å². The fourth-order valence-corrected chi connectivity index (χ4v) is 8.18. The monoisotopic (exact) mass is 965 g/mol. The summed E-state index contributed by atoms with van der Waals surface area (Å²) in [6.45, 7) is 3.15. The van der Waals surface area contributed by atoms with Crippen molar-refractivity contribution in [3.8, 4) is 28.6 Å². The van der Waals surface area contributed by atoms with E-state index in [1.165, 1.54) is 24.0 Å². The third-order valence-corrected chi connectivity index (χ3v) is 12.6. The van der Waals surface area contributed by atoms with Gasteiger partial charge in [0.15, 0.2) is 0 Å². The molecule has 2 N–H and O–H groups in total. The molecule has 0 aliphatic carbocycles. The Balaban J connectivity index is 1.36. The van der Waals surface area contributed by atoms with Crippen molar-refractivity contribution >= 4 is 52.7 Å². The largest absolute Gasteiger partial charge is 0.467 e. The summed E-state index contributed by atoms with van der Waals surface area (Å²) in [5, 5.41) is 6.70. The molecule has 5 amide bonds. The highest BCUT2D eigenvalue weighted by atomic mass is 35.5. The second-order valence-electron chi connectivity index (χ2n) is 16.9. The second kappa shape index (κ2) is 23.9. The Morgan fingerprint density at radius 3 is 2.06 bits per heavy atom. The van der Waals surface area contributed by atoms with Gasteiger partial charge in [-0.25, -0.2) is 9.97 Å². The molecule has 1 saturated heterocycles. The molecule has 0 spiro atoms. The zero-order chi connectivity index (χ0) is 48.9. The number of halogens is 2. The molecule has 1 fully saturated rings. The summed E-state index contributed by atoms with van der Waals surface area (Å²) >= 11 is 12.7. The number of nitrogens with one attached hydrogen (secondary N) is 2. The lowest BCUT2D eigenvalue weighted by Gasteiger charge is -2.35. The van der Waals surface area contributed by atoms with Crippen LogP contribution in [-0.4, -0.2) is 120 Å². The second-order valence-corrected chi connectivity index (χ2v) is 17.8. The summed E-state index contributed by atoms with van der Waals surface area (Å²) in [7, 11) is 6.13. The van der Waals surface area contributed by atoms with E-state index < -0.39 is 47.8 Å². The minimum Gasteiger partial charge on any atom is -0.467 e. The number of carbonyl (C=O) groups excluding carboxylic acids is 5. The van der Waals surface area contributed by atoms with Crippen molar-refractivity contribution in [2.24, 2.45) is 5.92 Å². The Morgan fingerprint density at radius 1 is 0.735 bits per heavy atom. The highest BCUT2D eigenvalue weighted by molar-refractivity contribution is 6.31. The minimum absolute atomic E-state index is 0.0779. The Hall–Kier alpha value is -6.55. The van der Waals surface area contributed by atoms with E-state index in [9.17, 15) is 24.0 Å². The number of rotatable bonds is 12. The van der Waals surface area contributed by atoms with Crippen LogP contribution in [0.25, 0.3) is 11.1 Å². The number of aromatic nitrogens is 2. The Labute approximate surface area is 407 Å². The van der Waals surface area contributed by atoms with Crippen molar-refractivity contribution in [3.63, 3.8) is 0 Å². The SMILES string of the molecule is COC[C@@H]1NC(=O)[C@H](C)N(Cc2ccc(Cl)cc2Oc2ccc(-c3cnc(OC)nc3)cc2)C(=O)C[C@@H](Cc2ccccc2)C(=O)N(C)[C@@H](C)CNC(=O)C[C@H](Cc2ccc(Cl)cc2)N(C)C1=O. The zero-order valence-electron chi connectivity index (χ0n) is 39.0. The molecule has 0 unspecified atom stereocenters. The van der Waals surface area contributed by atoms with E-state index in [0.717, 1.165) is 22.3 Å². The number of ether oxygens (including phenoxy) is 3. The summed E-state index contributed by atoms with van der Waals surface area (Å²) in [5.74, 6) is -2.37. The van der Waals surface area contributed by atoms with Gasteiger partial charge in [-0.15, -0.1) is 0 Å². The number of carbonyl (C=O) groups is 5. The lowest BCUT2D eigenvalue weighted by atomic mass is 9.93. The quantitative estimate of drug-likeness (QED) is 0.136. The van der Waals surface area contributed by atoms with E-state index in [2.05, 4.69) is 20.6 Å². The van der Waals surface area contributed by atoms with Crippen LogP contribution in [0.15, 0.2) is 109 Å². The summed E-state index contributed by atoms with van der Waals surface area (Å²) in [6.07, 6.45) is 3.47. The number of hydrogen-bond acceptors (Lipinski definition) is 10. The molecule has 0 bridgehead atoms. The van der Waals surface area contributed by atoms with Gasteiger partial charge in [-0.05, 0) is 79.8 Å². The van der Waals surface area contributed by atoms with Gasteiger partial charge in [0.05, 0.1) is 26.2 Å². The van der Waals surface area contributed by atoms with Crippen molar-refractivity contribution in [3.05, 3.63) is 136 Å². The van der Waals surface area contributed by atoms with Crippen LogP contribution in [0.5, 0.6) is 17.5 Å². The molecule has 17 heteroatoms. The highest BCUT2D eigenvalue weighted by Crippen LogP contribution is 2.32. The van der Waals surface area contributed by atoms with Crippen LogP contribution in [-0.2, 0) is 48.1 Å². The standard InChI is InChI=1S/C51H57Cl2N7O8/c1-32-27-54-46(61)26-42(23-35-12-17-40(52)18-13-35)59(4)50(65)44(31-66-5)57-48(63)33(2)60(47(62)24-38(49(64)58(32)3)22-34-10-8-7-9-11-34)30-37-14-19-41(53)25-45(37)68-43-20-15-36(16-21-43)39-28-55-51(67-6)56-29-39/h7-21,25,28-29,32-33,38,42,44H,22-24,26-27,30-31H2,1-6H3,(H,54,61)(H,57,63)/t32-,33-,38+,42-,44-/m0/s1. The van der Waals surface area contributed by atoms with Crippen LogP contribution in [0.2, 0.25) is 10.0 Å². The fourth-order valence-electron chi connectivity index (χ4n) is 7.89. The molecule has 4 aromatic carbocycles. The average molecular weight is 967 g/mol. The van der Waals surface area contributed by atoms with E-state index in [1.54, 1.807) is 80.8 Å². The molecule has 5 aromatic rings. The number of benzene rings is 4. The van der Waals surface area contributed by atoms with Crippen LogP contribution in [0, 0.1) is 5.92 Å². The topological polar surface area (TPSA) is 173 Å². The average Bonchev–Trinajstić information content (AvgIpc) is 3.34. The van der Waals surface area contributed by atoms with Gasteiger partial charge in [0, 0.05) is 86.2 Å². The first-order valence-corrected chi connectivity index (χ1v) is 23.0. The van der Waals surface area contributed by atoms with Crippen LogP contribution in [0.1, 0.15) is 43.4 Å². The van der Waals surface area contributed by atoms with Gasteiger partial charge < -0.3 is 39.5 Å². The molecule has 68 heavy (non-hydrogen) atoms. The minimum atomic E-state index is -1.20. The maximum absolute atomic E-state index is 15.0. The zero-order valence-corrected chi connectivity index (χ0v) is 40.5. The molecule has 5 atom stereocenters. The van der Waals surface area contributed by atoms with Crippen molar-refractivity contribution in [2.75, 3.05) is 41.5 Å². The molecule has 358 valence electrons. The smallest absolute Gasteiger partial charge is 0.316 e. The summed E-state index contributed by atoms with van der Waals surface area (Å²) < 4.78 is 17.0. The molecule has 6 rings (SSSR count). The lowest BCUT2D eigenvalue weighted by molar-refractivity contribution is -0.147. The van der Waals surface area contributed by atoms with Crippen molar-refractivity contribution in [1.29, 1.82) is 0 Å². The van der Waals surface area contributed by atoms with E-state index in [4.69, 9.17) is 37.4 Å². The Morgan fingerprint density at radius 2 is 1.40 bits per heavy atom. The third kappa shape index (κ3) is 13.5. The van der Waals surface area contributed by atoms with Crippen LogP contribution in [0.4, 0.5) is 0 Å². The van der Waals surface area contributed by atoms with E-state index >= 15 is 0 Å². The summed E-state index contributed by atoms with van der Waals surface area (Å²) in [5.41, 5.74) is 3.78. The molecule has 0 radical (unpaired) electrons. The van der Waals surface area contributed by atoms with Gasteiger partial charge in [-0.1, -0.05) is 83.9 Å². The van der Waals surface area contributed by atoms with Crippen LogP contribution < -0.4 is 20.1 Å². The van der Waals surface area contributed by atoms with Crippen molar-refractivity contribution < 1.29 is 38.2 Å². The van der Waals surface area contributed by atoms with Gasteiger partial charge in [-0.3, -0.25) is 24.0 Å². The molecule has 2 heterocycles. The molecule has 1 aromatic heterocycles. The van der Waals surface area contributed by atoms with Gasteiger partial charge in [-0.2, -0.15) is 0 Å². The van der Waals surface area contributed by atoms with E-state index in [0.29, 0.717) is 33.5 Å². The highest BCUT2D eigenvalue weighted by Gasteiger charge is 2.36. The lowest BCUT2D eigenvalue weighted by Crippen LogP contribution is -2.57. The molecule has 1 aliphatic rings. The Kier molecular flexibility index (Phi) is 17.9. The molecular formula is C51H57Cl2N7O8. The molecule has 0 saturated carbocycles. The predicted molar refractivity (Wildman–Crippen MR) is 259 cm³/mol. The van der Waals surface area contributed by atoms with Crippen LogP contribution >= 0.6 is 23.2 Å². The number of amides is 5. The normalized spacial score (nSPS) is 20.3. The van der Waals surface area contributed by atoms with E-state index in [1.807, 2.05) is 61.5 Å². The number of hydrogen-bond donors (Lipinski definition) is 2. The molecule has 15 nitrogen and oxygen atoms in total. The maximum atomic E-state index is 15.0. The first-order valence-electron chi connectivity index (χ1n) is 22.2. The third-order valence-electron chi connectivity index (χ3n) is 12.1. The number of likely N-dealkylation sites (N-methyl/N-ethyl adjacent to an activating group) is 2. The van der Waals surface area contributed by atoms with Gasteiger partial charge in [0.2, 0.25) is 29.5 Å². The van der Waals surface area contributed by atoms with Crippen molar-refractivity contribution in [1.82, 2.24) is 35.3 Å². The molecular weight excluding hydrogens is 910 g/mol. The first-order chi connectivity index (χ1) is 32.6. The fraction of sp³-hybridized carbons (Fsp3) is 0.353. The molecule has 1 aliphatic heterocycles. The maximum Gasteiger partial charge on any atom is 0.316 e.